The van der Waals surface area contributed by atoms with Gasteiger partial charge in [0.1, 0.15) is 5.72 Å². The van der Waals surface area contributed by atoms with Crippen LogP contribution in [0.4, 0.5) is 11.5 Å². The molecular weight excluding hydrogens is 450 g/mol. The summed E-state index contributed by atoms with van der Waals surface area (Å²) in [6.45, 7) is 4.63. The summed E-state index contributed by atoms with van der Waals surface area (Å²) in [5, 5.41) is 25.9. The van der Waals surface area contributed by atoms with Crippen LogP contribution >= 0.6 is 11.8 Å². The average molecular weight is 484 g/mol. The fourth-order valence-electron chi connectivity index (χ4n) is 3.79. The first kappa shape index (κ1) is 25.7. The molecule has 3 aromatic rings. The summed E-state index contributed by atoms with van der Waals surface area (Å²) in [6.07, 6.45) is 3.93. The van der Waals surface area contributed by atoms with Crippen LogP contribution < -0.4 is 5.32 Å². The third-order valence-corrected chi connectivity index (χ3v) is 6.23. The van der Waals surface area contributed by atoms with Crippen LogP contribution in [0.25, 0.3) is 0 Å². The standard InChI is InChI=1S/C25H33N5O3S/c1-25(2,31)29-17-21(14-19-8-6-5-7-9-19)23(30(32)33)24(29)27-12-13-34-18-22-15-20(10-11-26-22)16-28(3)4/h5-11,15,17,27,31H,12-14,16,18H2,1-4H3. The van der Waals surface area contributed by atoms with Gasteiger partial charge in [-0.15, -0.1) is 0 Å². The lowest BCUT2D eigenvalue weighted by atomic mass is 10.1. The molecule has 0 saturated carbocycles. The van der Waals surface area contributed by atoms with E-state index in [9.17, 15) is 15.2 Å². The highest BCUT2D eigenvalue weighted by atomic mass is 32.2. The SMILES string of the molecule is CN(C)Cc1ccnc(CSCCNc2c([N+](=O)[O-])c(Cc3ccccc3)cn2C(C)(C)O)c1. The third kappa shape index (κ3) is 7.06. The molecule has 2 heterocycles. The van der Waals surface area contributed by atoms with Crippen molar-refractivity contribution in [3.8, 4) is 0 Å². The Morgan fingerprint density at radius 3 is 2.59 bits per heavy atom. The molecular formula is C25H33N5O3S. The quantitative estimate of drug-likeness (QED) is 0.223. The molecule has 1 aromatic carbocycles. The van der Waals surface area contributed by atoms with Crippen molar-refractivity contribution in [3.63, 3.8) is 0 Å². The number of pyridine rings is 1. The zero-order valence-corrected chi connectivity index (χ0v) is 21.0. The van der Waals surface area contributed by atoms with Gasteiger partial charge in [0.25, 0.3) is 0 Å². The van der Waals surface area contributed by atoms with Gasteiger partial charge in [-0.05, 0) is 51.2 Å². The van der Waals surface area contributed by atoms with E-state index in [-0.39, 0.29) is 10.6 Å². The van der Waals surface area contributed by atoms with E-state index in [0.717, 1.165) is 29.3 Å². The Morgan fingerprint density at radius 2 is 1.94 bits per heavy atom. The Kier molecular flexibility index (Phi) is 8.71. The molecule has 0 saturated heterocycles. The first-order chi connectivity index (χ1) is 16.1. The van der Waals surface area contributed by atoms with Crippen LogP contribution in [-0.4, -0.2) is 50.9 Å². The first-order valence-electron chi connectivity index (χ1n) is 11.2. The van der Waals surface area contributed by atoms with Crippen molar-refractivity contribution in [3.05, 3.63) is 87.4 Å². The smallest absolute Gasteiger partial charge is 0.314 e. The summed E-state index contributed by atoms with van der Waals surface area (Å²) < 4.78 is 1.56. The molecule has 0 spiro atoms. The minimum Gasteiger partial charge on any atom is -0.371 e. The lowest BCUT2D eigenvalue weighted by Crippen LogP contribution is -2.26. The van der Waals surface area contributed by atoms with E-state index in [0.29, 0.717) is 24.3 Å². The summed E-state index contributed by atoms with van der Waals surface area (Å²) in [6, 6.07) is 13.8. The van der Waals surface area contributed by atoms with Crippen molar-refractivity contribution in [2.24, 2.45) is 0 Å². The Hall–Kier alpha value is -2.88. The minimum atomic E-state index is -1.29. The van der Waals surface area contributed by atoms with Gasteiger partial charge in [0.2, 0.25) is 0 Å². The lowest BCUT2D eigenvalue weighted by molar-refractivity contribution is -0.384. The Bertz CT molecular complexity index is 1090. The van der Waals surface area contributed by atoms with E-state index >= 15 is 0 Å². The van der Waals surface area contributed by atoms with Crippen molar-refractivity contribution in [2.75, 3.05) is 31.7 Å². The fourth-order valence-corrected chi connectivity index (χ4v) is 4.54. The molecule has 0 aliphatic carbocycles. The van der Waals surface area contributed by atoms with Crippen LogP contribution in [0.2, 0.25) is 0 Å². The monoisotopic (exact) mass is 483 g/mol. The molecule has 182 valence electrons. The van der Waals surface area contributed by atoms with Crippen LogP contribution in [0.1, 0.15) is 36.2 Å². The zero-order chi connectivity index (χ0) is 24.7. The molecule has 0 amide bonds. The number of thioether (sulfide) groups is 1. The van der Waals surface area contributed by atoms with E-state index < -0.39 is 5.72 Å². The number of aliphatic hydroxyl groups is 1. The van der Waals surface area contributed by atoms with E-state index in [1.54, 1.807) is 36.4 Å². The molecule has 0 aliphatic heterocycles. The van der Waals surface area contributed by atoms with Gasteiger partial charge in [0, 0.05) is 43.4 Å². The summed E-state index contributed by atoms with van der Waals surface area (Å²) in [5.74, 6) is 1.83. The maximum absolute atomic E-state index is 12.0. The summed E-state index contributed by atoms with van der Waals surface area (Å²) >= 11 is 1.71. The van der Waals surface area contributed by atoms with Crippen molar-refractivity contribution >= 4 is 23.3 Å². The summed E-state index contributed by atoms with van der Waals surface area (Å²) in [5.41, 5.74) is 2.50. The fraction of sp³-hybridized carbons (Fsp3) is 0.400. The van der Waals surface area contributed by atoms with Crippen molar-refractivity contribution in [2.45, 2.75) is 38.3 Å². The zero-order valence-electron chi connectivity index (χ0n) is 20.2. The van der Waals surface area contributed by atoms with Crippen LogP contribution in [0.15, 0.2) is 54.9 Å². The highest BCUT2D eigenvalue weighted by molar-refractivity contribution is 7.98. The largest absolute Gasteiger partial charge is 0.371 e. The second-order valence-electron chi connectivity index (χ2n) is 9.01. The number of benzene rings is 1. The lowest BCUT2D eigenvalue weighted by Gasteiger charge is -2.22. The van der Waals surface area contributed by atoms with E-state index in [4.69, 9.17) is 0 Å². The van der Waals surface area contributed by atoms with Crippen molar-refractivity contribution in [1.29, 1.82) is 0 Å². The van der Waals surface area contributed by atoms with Gasteiger partial charge >= 0.3 is 5.69 Å². The first-order valence-corrected chi connectivity index (χ1v) is 12.4. The second-order valence-corrected chi connectivity index (χ2v) is 10.1. The van der Waals surface area contributed by atoms with Crippen molar-refractivity contribution in [1.82, 2.24) is 14.5 Å². The molecule has 0 unspecified atom stereocenters. The van der Waals surface area contributed by atoms with Crippen LogP contribution in [-0.2, 0) is 24.4 Å². The van der Waals surface area contributed by atoms with E-state index in [2.05, 4.69) is 21.3 Å². The molecule has 0 bridgehead atoms. The van der Waals surface area contributed by atoms with Gasteiger partial charge < -0.3 is 19.9 Å². The van der Waals surface area contributed by atoms with Crippen molar-refractivity contribution < 1.29 is 10.0 Å². The number of hydrogen-bond acceptors (Lipinski definition) is 7. The Balaban J connectivity index is 1.69. The van der Waals surface area contributed by atoms with Gasteiger partial charge in [-0.25, -0.2) is 0 Å². The number of nitro groups is 1. The van der Waals surface area contributed by atoms with Gasteiger partial charge in [-0.2, -0.15) is 11.8 Å². The molecule has 8 nitrogen and oxygen atoms in total. The van der Waals surface area contributed by atoms with Gasteiger partial charge in [0.05, 0.1) is 16.2 Å². The van der Waals surface area contributed by atoms with Crippen LogP contribution in [0, 0.1) is 10.1 Å². The molecule has 0 fully saturated rings. The van der Waals surface area contributed by atoms with Gasteiger partial charge in [-0.3, -0.25) is 15.1 Å². The molecule has 34 heavy (non-hydrogen) atoms. The molecule has 0 aliphatic rings. The second kappa shape index (κ2) is 11.5. The number of rotatable bonds is 12. The molecule has 2 aromatic heterocycles. The topological polar surface area (TPSA) is 96.5 Å². The van der Waals surface area contributed by atoms with Crippen LogP contribution in [0.3, 0.4) is 0 Å². The Labute approximate surface area is 205 Å². The predicted molar refractivity (Wildman–Crippen MR) is 138 cm³/mol. The highest BCUT2D eigenvalue weighted by Crippen LogP contribution is 2.36. The van der Waals surface area contributed by atoms with E-state index in [1.807, 2.05) is 56.7 Å². The normalized spacial score (nSPS) is 11.7. The molecule has 0 radical (unpaired) electrons. The number of nitrogens with one attached hydrogen (secondary N) is 1. The van der Waals surface area contributed by atoms with Gasteiger partial charge in [-0.1, -0.05) is 30.3 Å². The van der Waals surface area contributed by atoms with Crippen LogP contribution in [0.5, 0.6) is 0 Å². The third-order valence-electron chi connectivity index (χ3n) is 5.23. The highest BCUT2D eigenvalue weighted by Gasteiger charge is 2.31. The Morgan fingerprint density at radius 1 is 1.21 bits per heavy atom. The average Bonchev–Trinajstić information content (AvgIpc) is 3.13. The number of aromatic nitrogens is 2. The maximum Gasteiger partial charge on any atom is 0.314 e. The molecule has 0 atom stereocenters. The number of anilines is 1. The summed E-state index contributed by atoms with van der Waals surface area (Å²) in [4.78, 5) is 18.2. The summed E-state index contributed by atoms with van der Waals surface area (Å²) in [7, 11) is 4.07. The van der Waals surface area contributed by atoms with Gasteiger partial charge in [0.15, 0.2) is 5.82 Å². The van der Waals surface area contributed by atoms with E-state index in [1.165, 1.54) is 5.56 Å². The molecule has 3 rings (SSSR count). The number of nitrogens with zero attached hydrogens (tertiary/aromatic N) is 4. The number of hydrogen-bond donors (Lipinski definition) is 2. The molecule has 2 N–H and O–H groups in total. The maximum atomic E-state index is 12.0. The molecule has 9 heteroatoms. The minimum absolute atomic E-state index is 0.00836. The predicted octanol–water partition coefficient (Wildman–Crippen LogP) is 4.47.